The fourth-order valence-electron chi connectivity index (χ4n) is 4.61. The van der Waals surface area contributed by atoms with Crippen LogP contribution in [0, 0.1) is 11.3 Å². The van der Waals surface area contributed by atoms with Crippen LogP contribution in [0.2, 0.25) is 0 Å². The third kappa shape index (κ3) is 3.61. The molecular formula is C17H30O4. The van der Waals surface area contributed by atoms with Crippen LogP contribution in [0.1, 0.15) is 59.3 Å². The van der Waals surface area contributed by atoms with Crippen molar-refractivity contribution in [2.75, 3.05) is 13.2 Å². The summed E-state index contributed by atoms with van der Waals surface area (Å²) in [4.78, 5) is 0. The normalized spacial score (nSPS) is 42.3. The fraction of sp³-hybridized carbons (Fsp3) is 1.00. The predicted octanol–water partition coefficient (Wildman–Crippen LogP) is 2.87. The molecule has 4 nitrogen and oxygen atoms in total. The molecule has 0 aromatic rings. The van der Waals surface area contributed by atoms with Crippen LogP contribution in [0.4, 0.5) is 0 Å². The Labute approximate surface area is 128 Å². The maximum atomic E-state index is 10.3. The van der Waals surface area contributed by atoms with Gasteiger partial charge in [-0.25, -0.2) is 0 Å². The van der Waals surface area contributed by atoms with Crippen LogP contribution in [-0.4, -0.2) is 42.4 Å². The summed E-state index contributed by atoms with van der Waals surface area (Å²) in [6.45, 7) is 8.27. The monoisotopic (exact) mass is 298 g/mol. The molecule has 21 heavy (non-hydrogen) atoms. The molecule has 4 atom stereocenters. The lowest BCUT2D eigenvalue weighted by Gasteiger charge is -2.44. The maximum absolute atomic E-state index is 10.3. The number of hydrogen-bond donors (Lipinski definition) is 1. The quantitative estimate of drug-likeness (QED) is 0.851. The molecule has 3 rings (SSSR count). The third-order valence-corrected chi connectivity index (χ3v) is 5.29. The second kappa shape index (κ2) is 5.80. The summed E-state index contributed by atoms with van der Waals surface area (Å²) in [7, 11) is 0. The van der Waals surface area contributed by atoms with Crippen molar-refractivity contribution in [3.8, 4) is 0 Å². The van der Waals surface area contributed by atoms with Crippen molar-refractivity contribution in [1.82, 2.24) is 0 Å². The van der Waals surface area contributed by atoms with Gasteiger partial charge in [0.05, 0.1) is 31.5 Å². The van der Waals surface area contributed by atoms with Gasteiger partial charge in [0, 0.05) is 12.8 Å². The van der Waals surface area contributed by atoms with E-state index < -0.39 is 5.79 Å². The molecule has 1 spiro atoms. The van der Waals surface area contributed by atoms with Crippen LogP contribution in [0.15, 0.2) is 0 Å². The van der Waals surface area contributed by atoms with Crippen LogP contribution in [0.3, 0.4) is 0 Å². The van der Waals surface area contributed by atoms with E-state index in [0.717, 1.165) is 19.3 Å². The first kappa shape index (κ1) is 15.7. The lowest BCUT2D eigenvalue weighted by molar-refractivity contribution is -0.232. The van der Waals surface area contributed by atoms with E-state index in [1.807, 2.05) is 0 Å². The summed E-state index contributed by atoms with van der Waals surface area (Å²) in [5, 5.41) is 10.3. The van der Waals surface area contributed by atoms with Crippen molar-refractivity contribution < 1.29 is 19.3 Å². The van der Waals surface area contributed by atoms with Gasteiger partial charge in [-0.3, -0.25) is 0 Å². The average molecular weight is 298 g/mol. The number of aliphatic hydroxyl groups is 1. The SMILES string of the molecule is CC1CC(OC2CC3(CCC2O)OCCO3)CC(C)(C)C1. The van der Waals surface area contributed by atoms with E-state index in [4.69, 9.17) is 14.2 Å². The highest BCUT2D eigenvalue weighted by molar-refractivity contribution is 4.91. The van der Waals surface area contributed by atoms with Crippen molar-refractivity contribution in [2.45, 2.75) is 83.4 Å². The van der Waals surface area contributed by atoms with Crippen molar-refractivity contribution >= 4 is 0 Å². The van der Waals surface area contributed by atoms with Gasteiger partial charge in [-0.2, -0.15) is 0 Å². The van der Waals surface area contributed by atoms with E-state index in [9.17, 15) is 5.11 Å². The van der Waals surface area contributed by atoms with E-state index in [1.165, 1.54) is 6.42 Å². The molecule has 2 saturated carbocycles. The van der Waals surface area contributed by atoms with E-state index in [0.29, 0.717) is 37.4 Å². The number of hydrogen-bond acceptors (Lipinski definition) is 4. The van der Waals surface area contributed by atoms with E-state index >= 15 is 0 Å². The molecule has 0 aromatic carbocycles. The Bertz CT molecular complexity index is 362. The lowest BCUT2D eigenvalue weighted by Crippen LogP contribution is -2.48. The molecule has 4 heteroatoms. The van der Waals surface area contributed by atoms with Gasteiger partial charge in [-0.15, -0.1) is 0 Å². The average Bonchev–Trinajstić information content (AvgIpc) is 2.80. The van der Waals surface area contributed by atoms with E-state index in [1.54, 1.807) is 0 Å². The van der Waals surface area contributed by atoms with Crippen molar-refractivity contribution in [3.63, 3.8) is 0 Å². The first-order valence-electron chi connectivity index (χ1n) is 8.49. The maximum Gasteiger partial charge on any atom is 0.171 e. The standard InChI is InChI=1S/C17H30O4/c1-12-8-13(10-16(2,3)9-12)21-15-11-17(5-4-14(15)18)19-6-7-20-17/h12-15,18H,4-11H2,1-3H3. The highest BCUT2D eigenvalue weighted by Gasteiger charge is 2.46. The molecule has 3 aliphatic rings. The van der Waals surface area contributed by atoms with Gasteiger partial charge in [0.1, 0.15) is 0 Å². The number of rotatable bonds is 2. The molecule has 1 N–H and O–H groups in total. The molecule has 1 aliphatic heterocycles. The lowest BCUT2D eigenvalue weighted by atomic mass is 9.71. The van der Waals surface area contributed by atoms with Crippen LogP contribution in [0.25, 0.3) is 0 Å². The fourth-order valence-corrected chi connectivity index (χ4v) is 4.61. The first-order valence-corrected chi connectivity index (χ1v) is 8.49. The molecule has 0 radical (unpaired) electrons. The van der Waals surface area contributed by atoms with Gasteiger partial charge in [-0.1, -0.05) is 20.8 Å². The molecule has 3 fully saturated rings. The number of ether oxygens (including phenoxy) is 3. The minimum absolute atomic E-state index is 0.150. The van der Waals surface area contributed by atoms with Crippen LogP contribution in [-0.2, 0) is 14.2 Å². The Balaban J connectivity index is 1.62. The molecule has 0 amide bonds. The van der Waals surface area contributed by atoms with Crippen molar-refractivity contribution in [2.24, 2.45) is 11.3 Å². The minimum atomic E-state index is -0.486. The zero-order valence-electron chi connectivity index (χ0n) is 13.6. The molecule has 1 heterocycles. The van der Waals surface area contributed by atoms with Gasteiger partial charge in [-0.05, 0) is 37.0 Å². The second-order valence-corrected chi connectivity index (χ2v) is 8.13. The first-order chi connectivity index (χ1) is 9.88. The van der Waals surface area contributed by atoms with Crippen LogP contribution in [0.5, 0.6) is 0 Å². The van der Waals surface area contributed by atoms with Gasteiger partial charge < -0.3 is 19.3 Å². The highest BCUT2D eigenvalue weighted by atomic mass is 16.7. The van der Waals surface area contributed by atoms with Gasteiger partial charge in [0.25, 0.3) is 0 Å². The number of aliphatic hydroxyl groups excluding tert-OH is 1. The van der Waals surface area contributed by atoms with Gasteiger partial charge in [0.15, 0.2) is 5.79 Å². The largest absolute Gasteiger partial charge is 0.390 e. The molecule has 2 aliphatic carbocycles. The topological polar surface area (TPSA) is 47.9 Å². The minimum Gasteiger partial charge on any atom is -0.390 e. The Kier molecular flexibility index (Phi) is 4.34. The molecule has 0 bridgehead atoms. The second-order valence-electron chi connectivity index (χ2n) is 8.13. The molecule has 0 aromatic heterocycles. The smallest absolute Gasteiger partial charge is 0.171 e. The summed E-state index contributed by atoms with van der Waals surface area (Å²) < 4.78 is 17.9. The van der Waals surface area contributed by atoms with E-state index in [2.05, 4.69) is 20.8 Å². The summed E-state index contributed by atoms with van der Waals surface area (Å²) in [5.74, 6) is 0.201. The van der Waals surface area contributed by atoms with Crippen LogP contribution < -0.4 is 0 Å². The summed E-state index contributed by atoms with van der Waals surface area (Å²) >= 11 is 0. The Hall–Kier alpha value is -0.160. The summed E-state index contributed by atoms with van der Waals surface area (Å²) in [6, 6.07) is 0. The summed E-state index contributed by atoms with van der Waals surface area (Å²) in [5.41, 5.74) is 0.333. The third-order valence-electron chi connectivity index (χ3n) is 5.29. The molecule has 4 unspecified atom stereocenters. The molecule has 122 valence electrons. The molecule has 1 saturated heterocycles. The van der Waals surface area contributed by atoms with Crippen molar-refractivity contribution in [3.05, 3.63) is 0 Å². The summed E-state index contributed by atoms with van der Waals surface area (Å²) in [6.07, 6.45) is 5.30. The Morgan fingerprint density at radius 1 is 1.10 bits per heavy atom. The predicted molar refractivity (Wildman–Crippen MR) is 79.9 cm³/mol. The Morgan fingerprint density at radius 2 is 1.81 bits per heavy atom. The highest BCUT2D eigenvalue weighted by Crippen LogP contribution is 2.42. The zero-order chi connectivity index (χ0) is 15.1. The van der Waals surface area contributed by atoms with Crippen molar-refractivity contribution in [1.29, 1.82) is 0 Å². The van der Waals surface area contributed by atoms with E-state index in [-0.39, 0.29) is 18.3 Å². The van der Waals surface area contributed by atoms with Gasteiger partial charge in [0.2, 0.25) is 0 Å². The van der Waals surface area contributed by atoms with Crippen LogP contribution >= 0.6 is 0 Å². The Morgan fingerprint density at radius 3 is 2.48 bits per heavy atom. The zero-order valence-corrected chi connectivity index (χ0v) is 13.6. The molecular weight excluding hydrogens is 268 g/mol. The van der Waals surface area contributed by atoms with Gasteiger partial charge >= 0.3 is 0 Å².